The van der Waals surface area contributed by atoms with Gasteiger partial charge in [-0.25, -0.2) is 4.98 Å². The number of aliphatic hydroxyl groups excluding tert-OH is 1. The van der Waals surface area contributed by atoms with Crippen LogP contribution in [-0.4, -0.2) is 77.8 Å². The first-order valence-corrected chi connectivity index (χ1v) is 13.4. The van der Waals surface area contributed by atoms with Crippen LogP contribution in [0.2, 0.25) is 5.02 Å². The van der Waals surface area contributed by atoms with Crippen molar-refractivity contribution in [1.29, 1.82) is 0 Å². The van der Waals surface area contributed by atoms with Gasteiger partial charge in [0.2, 0.25) is 11.8 Å². The predicted octanol–water partition coefficient (Wildman–Crippen LogP) is 5.16. The summed E-state index contributed by atoms with van der Waals surface area (Å²) in [6, 6.07) is 16.9. The number of aromatic nitrogens is 1. The van der Waals surface area contributed by atoms with Gasteiger partial charge in [0.05, 0.1) is 22.7 Å². The monoisotopic (exact) mass is 588 g/mol. The molecule has 12 heteroatoms. The van der Waals surface area contributed by atoms with Gasteiger partial charge in [-0.3, -0.25) is 14.6 Å². The Morgan fingerprint density at radius 2 is 1.76 bits per heavy atom. The smallest absolute Gasteiger partial charge is 0.416 e. The highest BCUT2D eigenvalue weighted by Crippen LogP contribution is 2.31. The van der Waals surface area contributed by atoms with Crippen LogP contribution in [0.25, 0.3) is 22.6 Å². The number of oxazole rings is 1. The van der Waals surface area contributed by atoms with E-state index in [1.165, 1.54) is 12.1 Å². The molecule has 1 atom stereocenters. The average Bonchev–Trinajstić information content (AvgIpc) is 3.36. The number of nitrogens with one attached hydrogen (secondary N) is 1. The summed E-state index contributed by atoms with van der Waals surface area (Å²) in [5, 5.41) is 13.7. The lowest BCUT2D eigenvalue weighted by atomic mass is 10.2. The van der Waals surface area contributed by atoms with Gasteiger partial charge in [-0.2, -0.15) is 13.2 Å². The number of amides is 1. The molecule has 2 N–H and O–H groups in total. The van der Waals surface area contributed by atoms with E-state index in [1.807, 2.05) is 23.1 Å². The van der Waals surface area contributed by atoms with E-state index < -0.39 is 17.8 Å². The van der Waals surface area contributed by atoms with Crippen molar-refractivity contribution in [2.45, 2.75) is 12.3 Å². The van der Waals surface area contributed by atoms with Crippen LogP contribution in [0.1, 0.15) is 5.56 Å². The van der Waals surface area contributed by atoms with Gasteiger partial charge < -0.3 is 19.6 Å². The zero-order valence-electron chi connectivity index (χ0n) is 21.9. The Hall–Kier alpha value is -3.64. The number of hydrogen-bond donors (Lipinski definition) is 2. The van der Waals surface area contributed by atoms with Gasteiger partial charge in [-0.1, -0.05) is 23.7 Å². The molecular formula is C29H28ClF3N4O4. The first kappa shape index (κ1) is 28.9. The minimum atomic E-state index is -4.42. The van der Waals surface area contributed by atoms with Crippen LogP contribution in [0.3, 0.4) is 0 Å². The molecule has 0 aliphatic carbocycles. The summed E-state index contributed by atoms with van der Waals surface area (Å²) in [7, 11) is 0. The summed E-state index contributed by atoms with van der Waals surface area (Å²) in [6.45, 7) is 3.17. The lowest BCUT2D eigenvalue weighted by molar-refractivity contribution is -0.137. The summed E-state index contributed by atoms with van der Waals surface area (Å²) in [4.78, 5) is 20.9. The van der Waals surface area contributed by atoms with E-state index in [4.69, 9.17) is 20.8 Å². The fourth-order valence-electron chi connectivity index (χ4n) is 4.57. The number of benzene rings is 3. The molecule has 1 amide bonds. The molecule has 216 valence electrons. The number of ether oxygens (including phenoxy) is 1. The van der Waals surface area contributed by atoms with Gasteiger partial charge in [0, 0.05) is 44.5 Å². The van der Waals surface area contributed by atoms with Crippen LogP contribution in [0.4, 0.5) is 18.9 Å². The molecule has 1 aliphatic rings. The Labute approximate surface area is 239 Å². The second-order valence-corrected chi connectivity index (χ2v) is 10.2. The average molecular weight is 589 g/mol. The molecule has 1 aromatic heterocycles. The van der Waals surface area contributed by atoms with Crippen molar-refractivity contribution in [1.82, 2.24) is 14.8 Å². The number of aliphatic hydroxyl groups is 1. The maximum atomic E-state index is 12.7. The number of rotatable bonds is 9. The fourth-order valence-corrected chi connectivity index (χ4v) is 4.78. The van der Waals surface area contributed by atoms with E-state index >= 15 is 0 Å². The number of carbonyl (C=O) groups excluding carboxylic acids is 1. The van der Waals surface area contributed by atoms with E-state index in [0.29, 0.717) is 71.7 Å². The van der Waals surface area contributed by atoms with Crippen molar-refractivity contribution < 1.29 is 32.2 Å². The third kappa shape index (κ3) is 7.56. The van der Waals surface area contributed by atoms with Gasteiger partial charge in [-0.15, -0.1) is 0 Å². The number of β-amino-alcohol motifs (C(OH)–C–C–N with tert-alkyl or cyclic N) is 1. The molecule has 5 rings (SSSR count). The van der Waals surface area contributed by atoms with Crippen molar-refractivity contribution in [3.05, 3.63) is 77.3 Å². The van der Waals surface area contributed by atoms with Gasteiger partial charge in [0.1, 0.15) is 24.0 Å². The number of hydrogen-bond acceptors (Lipinski definition) is 7. The van der Waals surface area contributed by atoms with Gasteiger partial charge in [0.15, 0.2) is 5.58 Å². The van der Waals surface area contributed by atoms with Crippen molar-refractivity contribution in [3.63, 3.8) is 0 Å². The van der Waals surface area contributed by atoms with Crippen molar-refractivity contribution in [2.24, 2.45) is 0 Å². The van der Waals surface area contributed by atoms with Gasteiger partial charge in [-0.05, 0) is 48.5 Å². The van der Waals surface area contributed by atoms with Crippen LogP contribution >= 0.6 is 11.6 Å². The van der Waals surface area contributed by atoms with E-state index in [-0.39, 0.29) is 19.1 Å². The molecule has 1 unspecified atom stereocenters. The molecule has 0 saturated carbocycles. The summed E-state index contributed by atoms with van der Waals surface area (Å²) in [6.07, 6.45) is -5.15. The number of piperazine rings is 1. The molecule has 0 radical (unpaired) electrons. The Balaban J connectivity index is 1.04. The van der Waals surface area contributed by atoms with Crippen LogP contribution in [0, 0.1) is 0 Å². The first-order chi connectivity index (χ1) is 19.6. The summed E-state index contributed by atoms with van der Waals surface area (Å²) in [5.41, 5.74) is 1.46. The highest BCUT2D eigenvalue weighted by atomic mass is 35.5. The molecule has 1 fully saturated rings. The summed E-state index contributed by atoms with van der Waals surface area (Å²) < 4.78 is 49.7. The second-order valence-electron chi connectivity index (χ2n) is 9.79. The topological polar surface area (TPSA) is 91.1 Å². The molecule has 8 nitrogen and oxygen atoms in total. The number of alkyl halides is 3. The number of nitrogens with zero attached hydrogens (tertiary/aromatic N) is 3. The van der Waals surface area contributed by atoms with Gasteiger partial charge in [0.25, 0.3) is 0 Å². The van der Waals surface area contributed by atoms with Crippen molar-refractivity contribution >= 4 is 34.3 Å². The molecule has 3 aromatic carbocycles. The van der Waals surface area contributed by atoms with Crippen LogP contribution in [-0.2, 0) is 11.0 Å². The zero-order valence-corrected chi connectivity index (χ0v) is 22.7. The predicted molar refractivity (Wildman–Crippen MR) is 149 cm³/mol. The standard InChI is InChI=1S/C29H28ClF3N4O4/c30-24-4-2-1-3-23(24)28-35-25-15-22(9-10-26(25)41-28)40-18-21(38)16-36-11-13-37(14-12-36)17-27(39)34-20-7-5-19(6-8-20)29(31,32)33/h1-10,15,21,38H,11-14,16-18H2,(H,34,39). The van der Waals surface area contributed by atoms with Crippen LogP contribution < -0.4 is 10.1 Å². The van der Waals surface area contributed by atoms with E-state index in [9.17, 15) is 23.1 Å². The zero-order chi connectivity index (χ0) is 29.0. The van der Waals surface area contributed by atoms with Crippen molar-refractivity contribution in [3.8, 4) is 17.2 Å². The second kappa shape index (κ2) is 12.5. The fraction of sp³-hybridized carbons (Fsp3) is 0.310. The molecule has 0 bridgehead atoms. The molecule has 1 aliphatic heterocycles. The van der Waals surface area contributed by atoms with Crippen LogP contribution in [0.15, 0.2) is 71.1 Å². The molecule has 1 saturated heterocycles. The number of anilines is 1. The minimum absolute atomic E-state index is 0.0937. The Morgan fingerprint density at radius 1 is 1.05 bits per heavy atom. The largest absolute Gasteiger partial charge is 0.491 e. The number of halogens is 4. The van der Waals surface area contributed by atoms with E-state index in [2.05, 4.69) is 15.2 Å². The molecule has 41 heavy (non-hydrogen) atoms. The van der Waals surface area contributed by atoms with Gasteiger partial charge >= 0.3 is 6.18 Å². The summed E-state index contributed by atoms with van der Waals surface area (Å²) >= 11 is 6.25. The number of carbonyl (C=O) groups is 1. The molecule has 0 spiro atoms. The highest BCUT2D eigenvalue weighted by molar-refractivity contribution is 6.33. The molecule has 2 heterocycles. The lowest BCUT2D eigenvalue weighted by Crippen LogP contribution is -2.50. The lowest BCUT2D eigenvalue weighted by Gasteiger charge is -2.35. The maximum absolute atomic E-state index is 12.7. The summed E-state index contributed by atoms with van der Waals surface area (Å²) in [5.74, 6) is 0.674. The normalized spacial score (nSPS) is 15.6. The van der Waals surface area contributed by atoms with Crippen molar-refractivity contribution in [2.75, 3.05) is 51.2 Å². The van der Waals surface area contributed by atoms with E-state index in [0.717, 1.165) is 12.1 Å². The quantitative estimate of drug-likeness (QED) is 0.279. The molecule has 4 aromatic rings. The first-order valence-electron chi connectivity index (χ1n) is 13.0. The SMILES string of the molecule is O=C(CN1CCN(CC(O)COc2ccc3oc(-c4ccccc4Cl)nc3c2)CC1)Nc1ccc(C(F)(F)F)cc1. The highest BCUT2D eigenvalue weighted by Gasteiger charge is 2.30. The Morgan fingerprint density at radius 3 is 2.46 bits per heavy atom. The third-order valence-electron chi connectivity index (χ3n) is 6.70. The number of fused-ring (bicyclic) bond motifs is 1. The van der Waals surface area contributed by atoms with Crippen LogP contribution in [0.5, 0.6) is 5.75 Å². The Bertz CT molecular complexity index is 1490. The molecular weight excluding hydrogens is 561 g/mol. The third-order valence-corrected chi connectivity index (χ3v) is 7.03. The Kier molecular flexibility index (Phi) is 8.79. The van der Waals surface area contributed by atoms with E-state index in [1.54, 1.807) is 24.3 Å². The minimum Gasteiger partial charge on any atom is -0.491 e. The maximum Gasteiger partial charge on any atom is 0.416 e.